The SMILES string of the molecule is O=C(O)c1ccc(S(=O)(=O)Nc2cccc(Cl)c2)c(F)c1. The van der Waals surface area contributed by atoms with Gasteiger partial charge in [-0.2, -0.15) is 0 Å². The largest absolute Gasteiger partial charge is 0.478 e. The second-order valence-corrected chi connectivity index (χ2v) is 6.15. The van der Waals surface area contributed by atoms with Gasteiger partial charge in [-0.05, 0) is 36.4 Å². The lowest BCUT2D eigenvalue weighted by Crippen LogP contribution is -2.15. The molecule has 0 radical (unpaired) electrons. The van der Waals surface area contributed by atoms with Crippen LogP contribution in [0, 0.1) is 5.82 Å². The predicted molar refractivity (Wildman–Crippen MR) is 75.6 cm³/mol. The van der Waals surface area contributed by atoms with E-state index < -0.39 is 26.7 Å². The average molecular weight is 330 g/mol. The Bertz CT molecular complexity index is 808. The number of carbonyl (C=O) groups is 1. The minimum Gasteiger partial charge on any atom is -0.478 e. The molecule has 0 aliphatic carbocycles. The van der Waals surface area contributed by atoms with Gasteiger partial charge in [0, 0.05) is 5.02 Å². The van der Waals surface area contributed by atoms with Crippen LogP contribution in [0.25, 0.3) is 0 Å². The number of nitrogens with one attached hydrogen (secondary N) is 1. The summed E-state index contributed by atoms with van der Waals surface area (Å²) in [5, 5.41) is 9.04. The zero-order chi connectivity index (χ0) is 15.6. The van der Waals surface area contributed by atoms with Crippen LogP contribution >= 0.6 is 11.6 Å². The number of aromatic carboxylic acids is 1. The van der Waals surface area contributed by atoms with E-state index in [4.69, 9.17) is 16.7 Å². The first-order valence-electron chi connectivity index (χ1n) is 5.61. The van der Waals surface area contributed by atoms with Crippen LogP contribution < -0.4 is 4.72 Å². The fraction of sp³-hybridized carbons (Fsp3) is 0. The fourth-order valence-electron chi connectivity index (χ4n) is 1.61. The Balaban J connectivity index is 2.38. The standard InChI is InChI=1S/C13H9ClFNO4S/c14-9-2-1-3-10(7-9)16-21(19,20)12-5-4-8(13(17)18)6-11(12)15/h1-7,16H,(H,17,18). The summed E-state index contributed by atoms with van der Waals surface area (Å²) < 4.78 is 40.1. The molecule has 0 aliphatic rings. The maximum atomic E-state index is 13.8. The summed E-state index contributed by atoms with van der Waals surface area (Å²) in [5.74, 6) is -2.50. The number of anilines is 1. The minimum absolute atomic E-state index is 0.171. The van der Waals surface area contributed by atoms with E-state index in [1.165, 1.54) is 18.2 Å². The van der Waals surface area contributed by atoms with Crippen molar-refractivity contribution in [2.75, 3.05) is 4.72 Å². The van der Waals surface area contributed by atoms with E-state index in [0.29, 0.717) is 11.1 Å². The maximum Gasteiger partial charge on any atom is 0.335 e. The van der Waals surface area contributed by atoms with Gasteiger partial charge >= 0.3 is 5.97 Å². The lowest BCUT2D eigenvalue weighted by molar-refractivity contribution is 0.0696. The molecule has 0 bridgehead atoms. The number of carboxylic acid groups (broad SMARTS) is 1. The molecule has 0 fully saturated rings. The van der Waals surface area contributed by atoms with E-state index in [9.17, 15) is 17.6 Å². The average Bonchev–Trinajstić information content (AvgIpc) is 2.37. The lowest BCUT2D eigenvalue weighted by atomic mass is 10.2. The van der Waals surface area contributed by atoms with Crippen LogP contribution in [-0.2, 0) is 10.0 Å². The van der Waals surface area contributed by atoms with Gasteiger partial charge in [0.25, 0.3) is 10.0 Å². The summed E-state index contributed by atoms with van der Waals surface area (Å²) in [6.07, 6.45) is 0. The lowest BCUT2D eigenvalue weighted by Gasteiger charge is -2.09. The first-order chi connectivity index (χ1) is 9.79. The van der Waals surface area contributed by atoms with Crippen molar-refractivity contribution < 1.29 is 22.7 Å². The van der Waals surface area contributed by atoms with Gasteiger partial charge in [0.1, 0.15) is 10.7 Å². The Morgan fingerprint density at radius 1 is 1.19 bits per heavy atom. The van der Waals surface area contributed by atoms with Crippen LogP contribution in [-0.4, -0.2) is 19.5 Å². The quantitative estimate of drug-likeness (QED) is 0.903. The van der Waals surface area contributed by atoms with Gasteiger partial charge in [-0.15, -0.1) is 0 Å². The number of hydrogen-bond donors (Lipinski definition) is 2. The molecule has 2 aromatic carbocycles. The molecule has 0 saturated heterocycles. The summed E-state index contributed by atoms with van der Waals surface area (Å²) >= 11 is 5.73. The van der Waals surface area contributed by atoms with E-state index in [-0.39, 0.29) is 11.3 Å². The van der Waals surface area contributed by atoms with Gasteiger partial charge in [-0.1, -0.05) is 17.7 Å². The highest BCUT2D eigenvalue weighted by Gasteiger charge is 2.20. The van der Waals surface area contributed by atoms with Gasteiger partial charge in [-0.25, -0.2) is 17.6 Å². The summed E-state index contributed by atoms with van der Waals surface area (Å²) in [6, 6.07) is 8.46. The Kier molecular flexibility index (Phi) is 4.15. The molecule has 0 aliphatic heterocycles. The number of halogens is 2. The van der Waals surface area contributed by atoms with E-state index >= 15 is 0 Å². The molecule has 0 amide bonds. The van der Waals surface area contributed by atoms with Crippen molar-refractivity contribution in [3.63, 3.8) is 0 Å². The zero-order valence-corrected chi connectivity index (χ0v) is 12.0. The number of sulfonamides is 1. The molecule has 0 unspecified atom stereocenters. The molecule has 0 heterocycles. The molecule has 2 aromatic rings. The predicted octanol–water partition coefficient (Wildman–Crippen LogP) is 2.98. The Morgan fingerprint density at radius 3 is 2.48 bits per heavy atom. The van der Waals surface area contributed by atoms with Crippen molar-refractivity contribution in [2.24, 2.45) is 0 Å². The van der Waals surface area contributed by atoms with E-state index in [2.05, 4.69) is 4.72 Å². The van der Waals surface area contributed by atoms with Crippen molar-refractivity contribution in [3.8, 4) is 0 Å². The van der Waals surface area contributed by atoms with Crippen LogP contribution in [0.15, 0.2) is 47.4 Å². The Morgan fingerprint density at radius 2 is 1.90 bits per heavy atom. The summed E-state index contributed by atoms with van der Waals surface area (Å²) in [6.45, 7) is 0. The first kappa shape index (κ1) is 15.3. The smallest absolute Gasteiger partial charge is 0.335 e. The Labute approximate surface area is 125 Å². The molecule has 21 heavy (non-hydrogen) atoms. The summed E-state index contributed by atoms with van der Waals surface area (Å²) in [4.78, 5) is 10.1. The van der Waals surface area contributed by atoms with E-state index in [1.54, 1.807) is 6.07 Å². The van der Waals surface area contributed by atoms with Gasteiger partial charge in [0.2, 0.25) is 0 Å². The molecular weight excluding hydrogens is 321 g/mol. The first-order valence-corrected chi connectivity index (χ1v) is 7.47. The van der Waals surface area contributed by atoms with E-state index in [0.717, 1.165) is 12.1 Å². The van der Waals surface area contributed by atoms with Crippen molar-refractivity contribution in [3.05, 3.63) is 58.9 Å². The second-order valence-electron chi connectivity index (χ2n) is 4.07. The highest BCUT2D eigenvalue weighted by atomic mass is 35.5. The molecule has 0 aromatic heterocycles. The van der Waals surface area contributed by atoms with Crippen LogP contribution in [0.2, 0.25) is 5.02 Å². The van der Waals surface area contributed by atoms with Gasteiger partial charge in [-0.3, -0.25) is 4.72 Å². The molecule has 0 saturated carbocycles. The molecule has 8 heteroatoms. The number of benzene rings is 2. The van der Waals surface area contributed by atoms with Crippen LogP contribution in [0.4, 0.5) is 10.1 Å². The third-order valence-electron chi connectivity index (χ3n) is 2.55. The van der Waals surface area contributed by atoms with Crippen LogP contribution in [0.5, 0.6) is 0 Å². The molecule has 5 nitrogen and oxygen atoms in total. The number of hydrogen-bond acceptors (Lipinski definition) is 3. The van der Waals surface area contributed by atoms with Gasteiger partial charge in [0.15, 0.2) is 0 Å². The van der Waals surface area contributed by atoms with Crippen molar-refractivity contribution in [1.82, 2.24) is 0 Å². The fourth-order valence-corrected chi connectivity index (χ4v) is 2.91. The molecule has 0 spiro atoms. The minimum atomic E-state index is -4.18. The highest BCUT2D eigenvalue weighted by molar-refractivity contribution is 7.92. The van der Waals surface area contributed by atoms with Gasteiger partial charge < -0.3 is 5.11 Å². The normalized spacial score (nSPS) is 11.1. The maximum absolute atomic E-state index is 13.8. The topological polar surface area (TPSA) is 83.5 Å². The zero-order valence-electron chi connectivity index (χ0n) is 10.4. The second kappa shape index (κ2) is 5.71. The third kappa shape index (κ3) is 3.50. The molecule has 0 atom stereocenters. The van der Waals surface area contributed by atoms with Crippen LogP contribution in [0.1, 0.15) is 10.4 Å². The number of rotatable bonds is 4. The van der Waals surface area contributed by atoms with Crippen LogP contribution in [0.3, 0.4) is 0 Å². The summed E-state index contributed by atoms with van der Waals surface area (Å²) in [5.41, 5.74) is -0.168. The molecule has 2 rings (SSSR count). The molecule has 110 valence electrons. The Hall–Kier alpha value is -2.12. The monoisotopic (exact) mass is 329 g/mol. The summed E-state index contributed by atoms with van der Waals surface area (Å²) in [7, 11) is -4.18. The van der Waals surface area contributed by atoms with E-state index in [1.807, 2.05) is 0 Å². The molecular formula is C13H9ClFNO4S. The highest BCUT2D eigenvalue weighted by Crippen LogP contribution is 2.22. The number of carboxylic acids is 1. The molecule has 2 N–H and O–H groups in total. The van der Waals surface area contributed by atoms with Crippen molar-refractivity contribution in [1.29, 1.82) is 0 Å². The van der Waals surface area contributed by atoms with Crippen molar-refractivity contribution >= 4 is 33.3 Å². The third-order valence-corrected chi connectivity index (χ3v) is 4.19. The van der Waals surface area contributed by atoms with Gasteiger partial charge in [0.05, 0.1) is 11.3 Å². The van der Waals surface area contributed by atoms with Crippen molar-refractivity contribution in [2.45, 2.75) is 4.90 Å².